The van der Waals surface area contributed by atoms with E-state index in [9.17, 15) is 18.8 Å². The van der Waals surface area contributed by atoms with Crippen LogP contribution >= 0.6 is 0 Å². The van der Waals surface area contributed by atoms with Gasteiger partial charge >= 0.3 is 24.1 Å². The molecule has 2 aromatic rings. The fourth-order valence-corrected chi connectivity index (χ4v) is 5.72. The van der Waals surface area contributed by atoms with E-state index < -0.39 is 42.0 Å². The summed E-state index contributed by atoms with van der Waals surface area (Å²) in [4.78, 5) is 49.5. The predicted molar refractivity (Wildman–Crippen MR) is 180 cm³/mol. The SMILES string of the molecule is CCCCCCCCCCCCCCOC(=O)Nc1nc(F)nc2c1ncn2[C@H]1C[C@H](OC(=O)C(C)C)[C@@](CC)(COC(=O)C(C)C)O1. The summed E-state index contributed by atoms with van der Waals surface area (Å²) in [6.45, 7) is 11.1. The van der Waals surface area contributed by atoms with Gasteiger partial charge in [0.2, 0.25) is 0 Å². The van der Waals surface area contributed by atoms with Gasteiger partial charge in [-0.05, 0) is 12.8 Å². The van der Waals surface area contributed by atoms with Gasteiger partial charge < -0.3 is 18.9 Å². The van der Waals surface area contributed by atoms with E-state index in [0.717, 1.165) is 19.3 Å². The Kier molecular flexibility index (Phi) is 16.0. The number of hydrogen-bond acceptors (Lipinski definition) is 10. The summed E-state index contributed by atoms with van der Waals surface area (Å²) in [6.07, 6.45) is 12.9. The van der Waals surface area contributed by atoms with Crippen molar-refractivity contribution in [2.45, 2.75) is 149 Å². The highest BCUT2D eigenvalue weighted by Crippen LogP contribution is 2.42. The summed E-state index contributed by atoms with van der Waals surface area (Å²) in [6, 6.07) is 0. The van der Waals surface area contributed by atoms with Crippen molar-refractivity contribution in [3.05, 3.63) is 12.4 Å². The topological polar surface area (TPSA) is 144 Å². The van der Waals surface area contributed by atoms with Crippen LogP contribution in [0.15, 0.2) is 6.33 Å². The fourth-order valence-electron chi connectivity index (χ4n) is 5.72. The largest absolute Gasteiger partial charge is 0.462 e. The number of aromatic nitrogens is 4. The number of nitrogens with one attached hydrogen (secondary N) is 1. The lowest BCUT2D eigenvalue weighted by Gasteiger charge is -2.33. The van der Waals surface area contributed by atoms with Crippen LogP contribution in [-0.4, -0.2) is 62.5 Å². The third-order valence-electron chi connectivity index (χ3n) is 8.79. The second-order valence-electron chi connectivity index (χ2n) is 13.4. The van der Waals surface area contributed by atoms with Crippen molar-refractivity contribution in [3.63, 3.8) is 0 Å². The first kappa shape index (κ1) is 39.1. The van der Waals surface area contributed by atoms with Crippen LogP contribution in [0.5, 0.6) is 0 Å². The minimum atomic E-state index is -1.15. The van der Waals surface area contributed by atoms with Gasteiger partial charge in [0, 0.05) is 6.42 Å². The summed E-state index contributed by atoms with van der Waals surface area (Å²) in [5, 5.41) is 2.50. The molecule has 2 aromatic heterocycles. The highest BCUT2D eigenvalue weighted by atomic mass is 19.1. The minimum absolute atomic E-state index is 0.0729. The van der Waals surface area contributed by atoms with Crippen molar-refractivity contribution in [2.24, 2.45) is 11.8 Å². The van der Waals surface area contributed by atoms with Gasteiger partial charge in [0.1, 0.15) is 24.5 Å². The molecule has 0 saturated carbocycles. The molecule has 0 radical (unpaired) electrons. The molecule has 48 heavy (non-hydrogen) atoms. The van der Waals surface area contributed by atoms with Crippen LogP contribution in [0.25, 0.3) is 11.2 Å². The Labute approximate surface area is 284 Å². The first-order chi connectivity index (χ1) is 23.0. The van der Waals surface area contributed by atoms with Crippen LogP contribution in [-0.2, 0) is 28.5 Å². The van der Waals surface area contributed by atoms with Crippen LogP contribution in [0.2, 0.25) is 0 Å². The third-order valence-corrected chi connectivity index (χ3v) is 8.79. The first-order valence-electron chi connectivity index (χ1n) is 17.9. The number of ether oxygens (including phenoxy) is 4. The maximum Gasteiger partial charge on any atom is 0.412 e. The second-order valence-corrected chi connectivity index (χ2v) is 13.4. The van der Waals surface area contributed by atoms with Crippen molar-refractivity contribution in [1.29, 1.82) is 0 Å². The number of hydrogen-bond donors (Lipinski definition) is 1. The molecule has 1 amide bonds. The molecule has 0 aromatic carbocycles. The molecular formula is C35H56FN5O7. The zero-order valence-corrected chi connectivity index (χ0v) is 29.7. The Morgan fingerprint density at radius 1 is 0.917 bits per heavy atom. The summed E-state index contributed by atoms with van der Waals surface area (Å²) in [5.74, 6) is -1.71. The molecule has 0 spiro atoms. The molecule has 13 heteroatoms. The molecule has 12 nitrogen and oxygen atoms in total. The molecule has 1 N–H and O–H groups in total. The second kappa shape index (κ2) is 19.6. The average Bonchev–Trinajstić information content (AvgIpc) is 3.63. The van der Waals surface area contributed by atoms with Gasteiger partial charge in [-0.15, -0.1) is 0 Å². The number of amides is 1. The van der Waals surface area contributed by atoms with Crippen molar-refractivity contribution in [3.8, 4) is 0 Å². The molecule has 1 aliphatic heterocycles. The number of carbonyl (C=O) groups excluding carboxylic acids is 3. The maximum atomic E-state index is 14.7. The number of unbranched alkanes of at least 4 members (excludes halogenated alkanes) is 11. The summed E-state index contributed by atoms with van der Waals surface area (Å²) in [5.41, 5.74) is -0.942. The number of fused-ring (bicyclic) bond motifs is 1. The Bertz CT molecular complexity index is 1320. The van der Waals surface area contributed by atoms with E-state index in [1.165, 1.54) is 68.7 Å². The van der Waals surface area contributed by atoms with Gasteiger partial charge in [-0.2, -0.15) is 14.4 Å². The number of rotatable bonds is 21. The fraction of sp³-hybridized carbons (Fsp3) is 0.771. The zero-order chi connectivity index (χ0) is 35.1. The van der Waals surface area contributed by atoms with Crippen molar-refractivity contribution in [1.82, 2.24) is 19.5 Å². The van der Waals surface area contributed by atoms with Crippen LogP contribution in [0, 0.1) is 17.9 Å². The molecule has 0 unspecified atom stereocenters. The number of esters is 2. The Morgan fingerprint density at radius 3 is 2.10 bits per heavy atom. The number of imidazole rings is 1. The van der Waals surface area contributed by atoms with E-state index in [4.69, 9.17) is 18.9 Å². The summed E-state index contributed by atoms with van der Waals surface area (Å²) in [7, 11) is 0. The number of nitrogens with zero attached hydrogens (tertiary/aromatic N) is 4. The summed E-state index contributed by atoms with van der Waals surface area (Å²) >= 11 is 0. The Morgan fingerprint density at radius 2 is 1.52 bits per heavy atom. The molecule has 1 saturated heterocycles. The first-order valence-corrected chi connectivity index (χ1v) is 17.9. The van der Waals surface area contributed by atoms with Gasteiger partial charge in [0.05, 0.1) is 24.8 Å². The van der Waals surface area contributed by atoms with Gasteiger partial charge in [-0.3, -0.25) is 19.5 Å². The lowest BCUT2D eigenvalue weighted by Crippen LogP contribution is -2.46. The van der Waals surface area contributed by atoms with Crippen LogP contribution in [0.3, 0.4) is 0 Å². The van der Waals surface area contributed by atoms with Crippen LogP contribution in [0.4, 0.5) is 15.0 Å². The van der Waals surface area contributed by atoms with Crippen molar-refractivity contribution >= 4 is 35.0 Å². The van der Waals surface area contributed by atoms with E-state index in [-0.39, 0.29) is 48.5 Å². The number of anilines is 1. The van der Waals surface area contributed by atoms with Gasteiger partial charge in [-0.1, -0.05) is 112 Å². The quantitative estimate of drug-likeness (QED) is 0.0596. The standard InChI is InChI=1S/C35H56FN5O7/c1-7-9-10-11-12-13-14-15-16-17-18-19-20-45-34(44)39-29-28-30(40-33(36)38-29)41(23-37-28)27-21-26(47-32(43)25(5)6)35(8-2,48-27)22-46-31(42)24(3)4/h23-27H,7-22H2,1-6H3,(H,38,39,40,44)/t26-,27+,35+/m0/s1. The molecule has 270 valence electrons. The van der Waals surface area contributed by atoms with E-state index in [2.05, 4.69) is 27.2 Å². The molecule has 3 rings (SSSR count). The van der Waals surface area contributed by atoms with E-state index >= 15 is 0 Å². The Hall–Kier alpha value is -3.35. The van der Waals surface area contributed by atoms with Gasteiger partial charge in [0.25, 0.3) is 0 Å². The number of carbonyl (C=O) groups is 3. The number of halogens is 1. The minimum Gasteiger partial charge on any atom is -0.462 e. The lowest BCUT2D eigenvalue weighted by atomic mass is 9.94. The average molecular weight is 678 g/mol. The maximum absolute atomic E-state index is 14.7. The lowest BCUT2D eigenvalue weighted by molar-refractivity contribution is -0.181. The molecule has 0 bridgehead atoms. The normalized spacial score (nSPS) is 19.3. The molecule has 1 aliphatic rings. The van der Waals surface area contributed by atoms with Crippen molar-refractivity contribution in [2.75, 3.05) is 18.5 Å². The molecule has 1 fully saturated rings. The third kappa shape index (κ3) is 11.4. The summed E-state index contributed by atoms with van der Waals surface area (Å²) < 4.78 is 39.3. The monoisotopic (exact) mass is 677 g/mol. The van der Waals surface area contributed by atoms with E-state index in [1.807, 2.05) is 6.92 Å². The van der Waals surface area contributed by atoms with Crippen LogP contribution in [0.1, 0.15) is 138 Å². The van der Waals surface area contributed by atoms with Crippen molar-refractivity contribution < 1.29 is 37.7 Å². The van der Waals surface area contributed by atoms with Crippen LogP contribution < -0.4 is 5.32 Å². The zero-order valence-electron chi connectivity index (χ0n) is 29.7. The Balaban J connectivity index is 1.58. The molecule has 3 atom stereocenters. The molecular weight excluding hydrogens is 621 g/mol. The predicted octanol–water partition coefficient (Wildman–Crippen LogP) is 8.05. The highest BCUT2D eigenvalue weighted by molar-refractivity contribution is 5.93. The molecule has 3 heterocycles. The van der Waals surface area contributed by atoms with E-state index in [0.29, 0.717) is 6.42 Å². The molecule has 0 aliphatic carbocycles. The highest BCUT2D eigenvalue weighted by Gasteiger charge is 2.52. The van der Waals surface area contributed by atoms with Gasteiger partial charge in [0.15, 0.2) is 17.0 Å². The van der Waals surface area contributed by atoms with E-state index in [1.54, 1.807) is 27.7 Å². The smallest absolute Gasteiger partial charge is 0.412 e. The van der Waals surface area contributed by atoms with Gasteiger partial charge in [-0.25, -0.2) is 9.78 Å².